The second-order valence-electron chi connectivity index (χ2n) is 8.82. The second-order valence-corrected chi connectivity index (χ2v) is 8.82. The number of aliphatic imine (C=N–C) groups is 1. The molecule has 0 saturated heterocycles. The quantitative estimate of drug-likeness (QED) is 0.583. The van der Waals surface area contributed by atoms with Gasteiger partial charge in [0.25, 0.3) is 0 Å². The summed E-state index contributed by atoms with van der Waals surface area (Å²) in [5, 5.41) is 1.54. The van der Waals surface area contributed by atoms with Crippen LogP contribution >= 0.6 is 0 Å². The second kappa shape index (κ2) is 7.42. The summed E-state index contributed by atoms with van der Waals surface area (Å²) in [6.07, 6.45) is 1.28. The van der Waals surface area contributed by atoms with Crippen molar-refractivity contribution in [3.63, 3.8) is 0 Å². The number of para-hydroxylation sites is 1. The highest BCUT2D eigenvalue weighted by Crippen LogP contribution is 2.51. The fourth-order valence-corrected chi connectivity index (χ4v) is 5.14. The maximum atomic E-state index is 6.61. The zero-order valence-electron chi connectivity index (χ0n) is 18.4. The lowest BCUT2D eigenvalue weighted by Crippen LogP contribution is -2.42. The van der Waals surface area contributed by atoms with Crippen molar-refractivity contribution in [2.75, 3.05) is 19.4 Å². The molecule has 3 aromatic carbocycles. The van der Waals surface area contributed by atoms with Gasteiger partial charge in [-0.3, -0.25) is 0 Å². The van der Waals surface area contributed by atoms with E-state index in [9.17, 15) is 0 Å². The number of benzene rings is 3. The summed E-state index contributed by atoms with van der Waals surface area (Å²) < 4.78 is 12.5. The Bertz CT molecular complexity index is 1260. The van der Waals surface area contributed by atoms with Crippen LogP contribution in [-0.2, 0) is 10.6 Å². The normalized spacial score (nSPS) is 25.6. The van der Waals surface area contributed by atoms with Crippen LogP contribution in [0.2, 0.25) is 0 Å². The average molecular weight is 443 g/mol. The zero-order chi connectivity index (χ0) is 22.6. The lowest BCUT2D eigenvalue weighted by molar-refractivity contribution is -0.192. The molecule has 0 fully saturated rings. The van der Waals surface area contributed by atoms with Gasteiger partial charge in [-0.1, -0.05) is 36.4 Å². The molecule has 0 aromatic heterocycles. The van der Waals surface area contributed by atoms with Gasteiger partial charge in [0.1, 0.15) is 17.6 Å². The van der Waals surface area contributed by atoms with Crippen molar-refractivity contribution in [2.45, 2.75) is 30.6 Å². The monoisotopic (exact) mass is 442 g/mol. The molecule has 168 valence electrons. The van der Waals surface area contributed by atoms with Crippen molar-refractivity contribution >= 4 is 11.6 Å². The van der Waals surface area contributed by atoms with E-state index in [1.807, 2.05) is 54.6 Å². The Labute approximate surface area is 192 Å². The van der Waals surface area contributed by atoms with Crippen LogP contribution < -0.4 is 20.9 Å². The van der Waals surface area contributed by atoms with Gasteiger partial charge in [0.2, 0.25) is 11.7 Å². The van der Waals surface area contributed by atoms with Crippen LogP contribution in [0.1, 0.15) is 29.9 Å². The number of hydrogen-bond donors (Lipinski definition) is 2. The van der Waals surface area contributed by atoms with Crippen molar-refractivity contribution in [2.24, 2.45) is 10.7 Å². The van der Waals surface area contributed by atoms with Crippen LogP contribution in [0.4, 0.5) is 5.69 Å². The van der Waals surface area contributed by atoms with Crippen molar-refractivity contribution in [1.82, 2.24) is 5.06 Å². The molecule has 1 spiro atoms. The van der Waals surface area contributed by atoms with Crippen molar-refractivity contribution in [3.05, 3.63) is 77.9 Å². The third kappa shape index (κ3) is 3.27. The number of guanidine groups is 1. The number of hydrogen-bond acceptors (Lipinski definition) is 7. The fraction of sp³-hybridized carbons (Fsp3) is 0.269. The van der Waals surface area contributed by atoms with Gasteiger partial charge >= 0.3 is 0 Å². The summed E-state index contributed by atoms with van der Waals surface area (Å²) in [4.78, 5) is 11.1. The van der Waals surface area contributed by atoms with Crippen molar-refractivity contribution in [3.8, 4) is 22.6 Å². The van der Waals surface area contributed by atoms with Gasteiger partial charge in [0.15, 0.2) is 0 Å². The van der Waals surface area contributed by atoms with E-state index in [0.717, 1.165) is 40.2 Å². The molecule has 3 aromatic rings. The third-order valence-corrected chi connectivity index (χ3v) is 6.74. The molecular formula is C26H26N4O3. The van der Waals surface area contributed by atoms with Gasteiger partial charge in [0.05, 0.1) is 12.2 Å². The first-order valence-electron chi connectivity index (χ1n) is 11.2. The van der Waals surface area contributed by atoms with Crippen molar-refractivity contribution in [1.29, 1.82) is 0 Å². The van der Waals surface area contributed by atoms with Crippen LogP contribution in [0.25, 0.3) is 11.1 Å². The number of rotatable bonds is 2. The minimum atomic E-state index is -0.944. The topological polar surface area (TPSA) is 95.3 Å². The van der Waals surface area contributed by atoms with Crippen LogP contribution in [0.3, 0.4) is 0 Å². The van der Waals surface area contributed by atoms with Crippen LogP contribution in [0.5, 0.6) is 11.5 Å². The molecule has 3 atom stereocenters. The molecule has 0 saturated carbocycles. The van der Waals surface area contributed by atoms with E-state index in [-0.39, 0.29) is 12.0 Å². The molecule has 7 heteroatoms. The maximum Gasteiger partial charge on any atom is 0.221 e. The minimum absolute atomic E-state index is 0.135. The summed E-state index contributed by atoms with van der Waals surface area (Å²) in [6, 6.07) is 22.1. The number of nitrogens with zero attached hydrogens (tertiary/aromatic N) is 2. The summed E-state index contributed by atoms with van der Waals surface area (Å²) >= 11 is 0. The standard InChI is InChI=1S/C26H26N4O3/c1-30-25(28)29-26(33-30)15-24(20-11-12-31-22-8-3-2-7-19(20)22)32-23-10-9-17(14-21(23)26)16-5-4-6-18(27)13-16/h2-10,13-14,20,24H,11-12,15,27H2,1H3,(H2,28,29)/t20?,24-,26+/m0/s1. The molecule has 1 unspecified atom stereocenters. The Morgan fingerprint density at radius 1 is 0.970 bits per heavy atom. The van der Waals surface area contributed by atoms with Gasteiger partial charge in [-0.05, 0) is 47.9 Å². The van der Waals surface area contributed by atoms with Crippen molar-refractivity contribution < 1.29 is 14.3 Å². The Hall–Kier alpha value is -3.71. The molecule has 0 aliphatic carbocycles. The van der Waals surface area contributed by atoms with E-state index in [2.05, 4.69) is 12.1 Å². The van der Waals surface area contributed by atoms with E-state index in [4.69, 9.17) is 30.8 Å². The Morgan fingerprint density at radius 2 is 1.82 bits per heavy atom. The molecule has 7 nitrogen and oxygen atoms in total. The molecule has 3 aliphatic rings. The SMILES string of the molecule is CN1O[C@@]2(C[C@@H](C3CCOc4ccccc43)Oc3ccc(-c4cccc(N)c4)cc32)N=C1N. The molecule has 6 rings (SSSR count). The van der Waals surface area contributed by atoms with E-state index in [1.54, 1.807) is 7.05 Å². The van der Waals surface area contributed by atoms with Gasteiger partial charge in [-0.2, -0.15) is 0 Å². The smallest absolute Gasteiger partial charge is 0.221 e. The average Bonchev–Trinajstić information content (AvgIpc) is 3.11. The molecule has 3 heterocycles. The van der Waals surface area contributed by atoms with E-state index >= 15 is 0 Å². The lowest BCUT2D eigenvalue weighted by atomic mass is 9.81. The van der Waals surface area contributed by atoms with Crippen LogP contribution in [0.15, 0.2) is 71.7 Å². The molecule has 0 bridgehead atoms. The number of nitrogens with two attached hydrogens (primary N) is 2. The summed E-state index contributed by atoms with van der Waals surface area (Å²) in [5.74, 6) is 2.19. The molecular weight excluding hydrogens is 416 g/mol. The summed E-state index contributed by atoms with van der Waals surface area (Å²) in [5.41, 5.74) is 16.0. The van der Waals surface area contributed by atoms with Crippen LogP contribution in [0, 0.1) is 0 Å². The molecule has 33 heavy (non-hydrogen) atoms. The number of ether oxygens (including phenoxy) is 2. The molecule has 0 radical (unpaired) electrons. The predicted molar refractivity (Wildman–Crippen MR) is 127 cm³/mol. The first-order chi connectivity index (χ1) is 16.0. The van der Waals surface area contributed by atoms with E-state index in [0.29, 0.717) is 24.7 Å². The minimum Gasteiger partial charge on any atom is -0.493 e. The number of anilines is 1. The predicted octanol–water partition coefficient (Wildman–Crippen LogP) is 4.00. The number of hydroxylamine groups is 2. The van der Waals surface area contributed by atoms with Gasteiger partial charge in [-0.15, -0.1) is 0 Å². The molecule has 0 amide bonds. The first-order valence-corrected chi connectivity index (χ1v) is 11.2. The number of nitrogen functional groups attached to an aromatic ring is 1. The van der Waals surface area contributed by atoms with Gasteiger partial charge in [0, 0.05) is 30.6 Å². The van der Waals surface area contributed by atoms with Gasteiger partial charge in [-0.25, -0.2) is 14.9 Å². The Morgan fingerprint density at radius 3 is 2.64 bits per heavy atom. The number of fused-ring (bicyclic) bond motifs is 3. The van der Waals surface area contributed by atoms with Crippen LogP contribution in [-0.4, -0.2) is 30.8 Å². The van der Waals surface area contributed by atoms with E-state index in [1.165, 1.54) is 5.06 Å². The van der Waals surface area contributed by atoms with E-state index < -0.39 is 5.72 Å². The Balaban J connectivity index is 1.45. The maximum absolute atomic E-state index is 6.61. The first kappa shape index (κ1) is 19.9. The zero-order valence-corrected chi connectivity index (χ0v) is 18.4. The summed E-state index contributed by atoms with van der Waals surface area (Å²) in [7, 11) is 1.78. The largest absolute Gasteiger partial charge is 0.493 e. The highest BCUT2D eigenvalue weighted by Gasteiger charge is 2.51. The van der Waals surface area contributed by atoms with Gasteiger partial charge < -0.3 is 20.9 Å². The fourth-order valence-electron chi connectivity index (χ4n) is 5.14. The highest BCUT2D eigenvalue weighted by molar-refractivity contribution is 5.79. The molecule has 3 aliphatic heterocycles. The lowest BCUT2D eigenvalue weighted by Gasteiger charge is -2.41. The molecule has 4 N–H and O–H groups in total. The summed E-state index contributed by atoms with van der Waals surface area (Å²) in [6.45, 7) is 0.655. The third-order valence-electron chi connectivity index (χ3n) is 6.74. The highest BCUT2D eigenvalue weighted by atomic mass is 16.7. The Kier molecular flexibility index (Phi) is 4.48.